The molecule has 1 aromatic carbocycles. The summed E-state index contributed by atoms with van der Waals surface area (Å²) in [6, 6.07) is 3.86. The predicted octanol–water partition coefficient (Wildman–Crippen LogP) is 0.888. The molecule has 1 rings (SSSR count). The molecule has 1 aromatic rings. The molecule has 6 nitrogen and oxygen atoms in total. The third kappa shape index (κ3) is 3.04. The van der Waals surface area contributed by atoms with Crippen LogP contribution in [0.1, 0.15) is 17.3 Å². The molecule has 0 atom stereocenters. The lowest BCUT2D eigenvalue weighted by Gasteiger charge is -2.07. The van der Waals surface area contributed by atoms with Crippen LogP contribution < -0.4 is 9.47 Å². The van der Waals surface area contributed by atoms with Crippen LogP contribution in [-0.2, 0) is 9.59 Å². The van der Waals surface area contributed by atoms with Gasteiger partial charge in [0.05, 0.1) is 7.11 Å². The molecule has 1 N–H and O–H groups in total. The first-order chi connectivity index (χ1) is 7.95. The minimum atomic E-state index is -1.26. The Hall–Kier alpha value is -2.37. The fourth-order valence-corrected chi connectivity index (χ4v) is 1.06. The highest BCUT2D eigenvalue weighted by Gasteiger charge is 2.17. The van der Waals surface area contributed by atoms with Gasteiger partial charge in [0.2, 0.25) is 5.78 Å². The zero-order chi connectivity index (χ0) is 13.0. The first-order valence-electron chi connectivity index (χ1n) is 4.59. The molecule has 90 valence electrons. The summed E-state index contributed by atoms with van der Waals surface area (Å²) >= 11 is 0. The summed E-state index contributed by atoms with van der Waals surface area (Å²) in [4.78, 5) is 32.7. The van der Waals surface area contributed by atoms with E-state index < -0.39 is 17.7 Å². The maximum atomic E-state index is 11.1. The van der Waals surface area contributed by atoms with Gasteiger partial charge in [0.1, 0.15) is 17.1 Å². The number of hydrogen-bond donors (Lipinski definition) is 1. The van der Waals surface area contributed by atoms with E-state index in [4.69, 9.17) is 9.84 Å². The van der Waals surface area contributed by atoms with E-state index in [1.807, 2.05) is 0 Å². The number of hydrogen-bond acceptors (Lipinski definition) is 5. The van der Waals surface area contributed by atoms with Crippen molar-refractivity contribution in [3.8, 4) is 11.5 Å². The van der Waals surface area contributed by atoms with Gasteiger partial charge in [-0.05, 0) is 12.1 Å². The second-order valence-electron chi connectivity index (χ2n) is 3.11. The summed E-state index contributed by atoms with van der Waals surface area (Å²) in [6.07, 6.45) is 0. The van der Waals surface area contributed by atoms with Gasteiger partial charge < -0.3 is 14.6 Å². The molecule has 0 aromatic heterocycles. The van der Waals surface area contributed by atoms with Crippen LogP contribution in [0.15, 0.2) is 18.2 Å². The lowest BCUT2D eigenvalue weighted by Crippen LogP contribution is -2.18. The van der Waals surface area contributed by atoms with E-state index in [-0.39, 0.29) is 11.3 Å². The molecule has 0 aliphatic rings. The van der Waals surface area contributed by atoms with Crippen molar-refractivity contribution in [1.29, 1.82) is 0 Å². The van der Waals surface area contributed by atoms with Gasteiger partial charge in [-0.2, -0.15) is 0 Å². The Morgan fingerprint density at radius 3 is 2.35 bits per heavy atom. The van der Waals surface area contributed by atoms with E-state index in [1.54, 1.807) is 0 Å². The number of Topliss-reactive ketones (excluding diaryl/α,β-unsaturated/α-hetero) is 1. The highest BCUT2D eigenvalue weighted by atomic mass is 16.5. The second-order valence-corrected chi connectivity index (χ2v) is 3.11. The van der Waals surface area contributed by atoms with Gasteiger partial charge >= 0.3 is 11.9 Å². The molecule has 0 saturated carbocycles. The van der Waals surface area contributed by atoms with Gasteiger partial charge in [0.25, 0.3) is 0 Å². The van der Waals surface area contributed by atoms with E-state index in [0.29, 0.717) is 5.75 Å². The lowest BCUT2D eigenvalue weighted by atomic mass is 10.2. The summed E-state index contributed by atoms with van der Waals surface area (Å²) < 4.78 is 9.52. The molecule has 0 radical (unpaired) electrons. The smallest absolute Gasteiger partial charge is 0.379 e. The zero-order valence-electron chi connectivity index (χ0n) is 9.22. The Labute approximate surface area is 96.8 Å². The van der Waals surface area contributed by atoms with Crippen molar-refractivity contribution in [1.82, 2.24) is 0 Å². The quantitative estimate of drug-likeness (QED) is 0.476. The Morgan fingerprint density at radius 2 is 1.88 bits per heavy atom. The van der Waals surface area contributed by atoms with Gasteiger partial charge in [-0.15, -0.1) is 0 Å². The van der Waals surface area contributed by atoms with Gasteiger partial charge in [-0.1, -0.05) is 0 Å². The fraction of sp³-hybridized carbons (Fsp3) is 0.182. The number of aromatic carboxylic acids is 1. The number of methoxy groups -OCH3 is 1. The molecule has 17 heavy (non-hydrogen) atoms. The molecule has 0 aliphatic carbocycles. The molecule has 0 aliphatic heterocycles. The van der Waals surface area contributed by atoms with Crippen LogP contribution in [0.2, 0.25) is 0 Å². The van der Waals surface area contributed by atoms with Crippen molar-refractivity contribution in [3.63, 3.8) is 0 Å². The average molecular weight is 238 g/mol. The SMILES string of the molecule is COc1ccc(C(=O)O)c(OC(=O)C(C)=O)c1. The first-order valence-corrected chi connectivity index (χ1v) is 4.59. The molecule has 0 heterocycles. The summed E-state index contributed by atoms with van der Waals surface area (Å²) in [5, 5.41) is 8.86. The second kappa shape index (κ2) is 5.11. The molecule has 6 heteroatoms. The molecule has 0 bridgehead atoms. The van der Waals surface area contributed by atoms with Crippen LogP contribution >= 0.6 is 0 Å². The Kier molecular flexibility index (Phi) is 3.82. The van der Waals surface area contributed by atoms with E-state index in [0.717, 1.165) is 6.92 Å². The van der Waals surface area contributed by atoms with Crippen molar-refractivity contribution < 1.29 is 29.0 Å². The van der Waals surface area contributed by atoms with Crippen molar-refractivity contribution in [2.24, 2.45) is 0 Å². The van der Waals surface area contributed by atoms with Gasteiger partial charge in [-0.25, -0.2) is 9.59 Å². The van der Waals surface area contributed by atoms with Crippen LogP contribution in [0, 0.1) is 0 Å². The highest BCUT2D eigenvalue weighted by Crippen LogP contribution is 2.25. The molecule has 0 fully saturated rings. The van der Waals surface area contributed by atoms with Crippen LogP contribution in [0.3, 0.4) is 0 Å². The van der Waals surface area contributed by atoms with Gasteiger partial charge in [0.15, 0.2) is 0 Å². The standard InChI is InChI=1S/C11H10O6/c1-6(12)11(15)17-9-5-7(16-2)3-4-8(9)10(13)14/h3-5H,1-2H3,(H,13,14). The maximum absolute atomic E-state index is 11.1. The minimum absolute atomic E-state index is 0.222. The predicted molar refractivity (Wildman–Crippen MR) is 56.3 cm³/mol. The highest BCUT2D eigenvalue weighted by molar-refractivity contribution is 6.33. The van der Waals surface area contributed by atoms with Crippen molar-refractivity contribution >= 4 is 17.7 Å². The zero-order valence-corrected chi connectivity index (χ0v) is 9.22. The van der Waals surface area contributed by atoms with Crippen molar-refractivity contribution in [2.45, 2.75) is 6.92 Å². The monoisotopic (exact) mass is 238 g/mol. The molecular weight excluding hydrogens is 228 g/mol. The maximum Gasteiger partial charge on any atom is 0.379 e. The van der Waals surface area contributed by atoms with E-state index in [2.05, 4.69) is 4.74 Å². The number of carboxylic acid groups (broad SMARTS) is 1. The van der Waals surface area contributed by atoms with Crippen LogP contribution in [0.5, 0.6) is 11.5 Å². The van der Waals surface area contributed by atoms with Gasteiger partial charge in [0, 0.05) is 13.0 Å². The molecular formula is C11H10O6. The van der Waals surface area contributed by atoms with E-state index >= 15 is 0 Å². The number of carbonyl (C=O) groups is 3. The van der Waals surface area contributed by atoms with Gasteiger partial charge in [-0.3, -0.25) is 4.79 Å². The van der Waals surface area contributed by atoms with Crippen molar-refractivity contribution in [2.75, 3.05) is 7.11 Å². The molecule has 0 saturated heterocycles. The number of esters is 1. The third-order valence-electron chi connectivity index (χ3n) is 1.91. The third-order valence-corrected chi connectivity index (χ3v) is 1.91. The van der Waals surface area contributed by atoms with Crippen molar-refractivity contribution in [3.05, 3.63) is 23.8 Å². The number of ether oxygens (including phenoxy) is 2. The summed E-state index contributed by atoms with van der Waals surface area (Å²) in [7, 11) is 1.38. The Morgan fingerprint density at radius 1 is 1.24 bits per heavy atom. The summed E-state index contributed by atoms with van der Waals surface area (Å²) in [6.45, 7) is 1.03. The number of rotatable bonds is 4. The first kappa shape index (κ1) is 12.7. The largest absolute Gasteiger partial charge is 0.497 e. The number of carbonyl (C=O) groups excluding carboxylic acids is 2. The fourth-order valence-electron chi connectivity index (χ4n) is 1.06. The Balaban J connectivity index is 3.13. The summed E-state index contributed by atoms with van der Waals surface area (Å²) in [5.41, 5.74) is -0.222. The minimum Gasteiger partial charge on any atom is -0.497 e. The topological polar surface area (TPSA) is 89.9 Å². The average Bonchev–Trinajstić information content (AvgIpc) is 2.28. The number of benzene rings is 1. The Bertz CT molecular complexity index is 477. The van der Waals surface area contributed by atoms with E-state index in [9.17, 15) is 14.4 Å². The number of carboxylic acids is 1. The molecule has 0 unspecified atom stereocenters. The normalized spacial score (nSPS) is 9.53. The van der Waals surface area contributed by atoms with Crippen LogP contribution in [0.25, 0.3) is 0 Å². The molecule has 0 spiro atoms. The van der Waals surface area contributed by atoms with E-state index in [1.165, 1.54) is 25.3 Å². The van der Waals surface area contributed by atoms with Crippen LogP contribution in [-0.4, -0.2) is 29.9 Å². The summed E-state index contributed by atoms with van der Waals surface area (Å²) in [5.74, 6) is -3.11. The lowest BCUT2D eigenvalue weighted by molar-refractivity contribution is -0.146. The van der Waals surface area contributed by atoms with Crippen LogP contribution in [0.4, 0.5) is 0 Å². The number of ketones is 1. The molecule has 0 amide bonds.